The summed E-state index contributed by atoms with van der Waals surface area (Å²) in [6.45, 7) is 3.20. The third-order valence-corrected chi connectivity index (χ3v) is 6.77. The zero-order valence-electron chi connectivity index (χ0n) is 21.5. The van der Waals surface area contributed by atoms with Gasteiger partial charge in [0.15, 0.2) is 11.5 Å². The number of fused-ring (bicyclic) bond motifs is 4. The van der Waals surface area contributed by atoms with Crippen LogP contribution in [0.1, 0.15) is 51.9 Å². The molecule has 0 aromatic heterocycles. The Bertz CT molecular complexity index is 1260. The van der Waals surface area contributed by atoms with E-state index in [1.165, 1.54) is 11.1 Å². The molecule has 2 heterocycles. The average molecular weight is 503 g/mol. The Morgan fingerprint density at radius 2 is 1.86 bits per heavy atom. The second-order valence-electron chi connectivity index (χ2n) is 9.68. The van der Waals surface area contributed by atoms with Crippen LogP contribution in [0.25, 0.3) is 0 Å². The second-order valence-corrected chi connectivity index (χ2v) is 9.68. The summed E-state index contributed by atoms with van der Waals surface area (Å²) < 4.78 is 22.6. The van der Waals surface area contributed by atoms with Crippen LogP contribution in [0.3, 0.4) is 0 Å². The predicted octanol–water partition coefficient (Wildman–Crippen LogP) is 4.94. The number of carbonyl (C=O) groups excluding carboxylic acids is 1. The smallest absolute Gasteiger partial charge is 0.251 e. The maximum absolute atomic E-state index is 13.1. The molecule has 1 amide bonds. The van der Waals surface area contributed by atoms with Crippen LogP contribution in [0.15, 0.2) is 54.6 Å². The fourth-order valence-corrected chi connectivity index (χ4v) is 4.86. The van der Waals surface area contributed by atoms with Crippen LogP contribution >= 0.6 is 0 Å². The molecule has 37 heavy (non-hydrogen) atoms. The Balaban J connectivity index is 1.34. The summed E-state index contributed by atoms with van der Waals surface area (Å²) in [5, 5.41) is 3.02. The van der Waals surface area contributed by atoms with Gasteiger partial charge in [-0.1, -0.05) is 24.3 Å². The minimum Gasteiger partial charge on any atom is -0.493 e. The number of ether oxygens (including phenoxy) is 4. The highest BCUT2D eigenvalue weighted by molar-refractivity contribution is 5.94. The zero-order chi connectivity index (χ0) is 25.6. The van der Waals surface area contributed by atoms with Crippen molar-refractivity contribution in [1.29, 1.82) is 0 Å². The maximum Gasteiger partial charge on any atom is 0.251 e. The van der Waals surface area contributed by atoms with Crippen LogP contribution in [-0.2, 0) is 19.5 Å². The molecule has 3 aromatic carbocycles. The van der Waals surface area contributed by atoms with E-state index in [4.69, 9.17) is 18.9 Å². The fourth-order valence-electron chi connectivity index (χ4n) is 4.86. The highest BCUT2D eigenvalue weighted by Crippen LogP contribution is 2.41. The number of hydrogen-bond donors (Lipinski definition) is 1. The molecule has 2 aliphatic heterocycles. The first-order valence-electron chi connectivity index (χ1n) is 12.9. The predicted molar refractivity (Wildman–Crippen MR) is 142 cm³/mol. The van der Waals surface area contributed by atoms with E-state index in [0.29, 0.717) is 42.4 Å². The molecule has 0 aliphatic carbocycles. The maximum atomic E-state index is 13.1. The van der Waals surface area contributed by atoms with Crippen LogP contribution < -0.4 is 24.3 Å². The molecule has 0 unspecified atom stereocenters. The standard InChI is InChI=1S/C30H34N2O5/c1-32-11-4-3-5-12-35-26-10-9-24(17-25(26)14-21-7-6-8-22(13-21)19-32)30(33)31-18-23-15-27(34-2)29-28(16-23)36-20-37-29/h6-10,13,15-17H,3-5,11-12,14,18-20H2,1-2H3,(H,31,33). The van der Waals surface area contributed by atoms with E-state index in [2.05, 4.69) is 41.5 Å². The van der Waals surface area contributed by atoms with Crippen molar-refractivity contribution in [2.24, 2.45) is 0 Å². The third kappa shape index (κ3) is 6.17. The molecule has 3 aromatic rings. The van der Waals surface area contributed by atoms with E-state index in [1.807, 2.05) is 30.3 Å². The topological polar surface area (TPSA) is 69.3 Å². The normalized spacial score (nSPS) is 15.7. The van der Waals surface area contributed by atoms with Crippen molar-refractivity contribution in [3.8, 4) is 23.0 Å². The number of rotatable bonds is 4. The summed E-state index contributed by atoms with van der Waals surface area (Å²) >= 11 is 0. The number of nitrogens with one attached hydrogen (secondary N) is 1. The van der Waals surface area contributed by atoms with Gasteiger partial charge in [-0.15, -0.1) is 0 Å². The summed E-state index contributed by atoms with van der Waals surface area (Å²) in [7, 11) is 3.76. The van der Waals surface area contributed by atoms with Crippen molar-refractivity contribution in [2.45, 2.75) is 38.8 Å². The van der Waals surface area contributed by atoms with Crippen molar-refractivity contribution in [2.75, 3.05) is 34.1 Å². The Kier molecular flexibility index (Phi) is 7.80. The van der Waals surface area contributed by atoms with E-state index < -0.39 is 0 Å². The van der Waals surface area contributed by atoms with Crippen molar-refractivity contribution >= 4 is 5.91 Å². The number of nitrogens with zero attached hydrogens (tertiary/aromatic N) is 1. The molecule has 2 bridgehead atoms. The molecule has 5 rings (SSSR count). The summed E-state index contributed by atoms with van der Waals surface area (Å²) in [6.07, 6.45) is 4.00. The van der Waals surface area contributed by atoms with Gasteiger partial charge in [-0.2, -0.15) is 0 Å². The monoisotopic (exact) mass is 502 g/mol. The van der Waals surface area contributed by atoms with Gasteiger partial charge in [0.25, 0.3) is 5.91 Å². The summed E-state index contributed by atoms with van der Waals surface area (Å²) in [5.41, 5.74) is 5.00. The lowest BCUT2D eigenvalue weighted by Gasteiger charge is -2.19. The van der Waals surface area contributed by atoms with E-state index >= 15 is 0 Å². The van der Waals surface area contributed by atoms with Gasteiger partial charge in [0, 0.05) is 25.1 Å². The highest BCUT2D eigenvalue weighted by atomic mass is 16.7. The fraction of sp³-hybridized carbons (Fsp3) is 0.367. The van der Waals surface area contributed by atoms with Gasteiger partial charge in [-0.3, -0.25) is 4.79 Å². The van der Waals surface area contributed by atoms with Crippen LogP contribution in [0.5, 0.6) is 23.0 Å². The molecular formula is C30H34N2O5. The molecule has 1 N–H and O–H groups in total. The van der Waals surface area contributed by atoms with Crippen LogP contribution in [0.2, 0.25) is 0 Å². The third-order valence-electron chi connectivity index (χ3n) is 6.77. The van der Waals surface area contributed by atoms with Gasteiger partial charge in [-0.25, -0.2) is 0 Å². The Labute approximate surface area is 218 Å². The molecule has 0 atom stereocenters. The molecule has 0 saturated heterocycles. The molecule has 0 saturated carbocycles. The van der Waals surface area contributed by atoms with Gasteiger partial charge in [0.1, 0.15) is 5.75 Å². The number of hydrogen-bond acceptors (Lipinski definition) is 6. The number of benzene rings is 3. The lowest BCUT2D eigenvalue weighted by Crippen LogP contribution is -2.23. The minimum absolute atomic E-state index is 0.144. The number of carbonyl (C=O) groups is 1. The summed E-state index contributed by atoms with van der Waals surface area (Å²) in [4.78, 5) is 15.5. The van der Waals surface area contributed by atoms with Crippen LogP contribution in [-0.4, -0.2) is 44.9 Å². The van der Waals surface area contributed by atoms with Gasteiger partial charge in [0.05, 0.1) is 13.7 Å². The van der Waals surface area contributed by atoms with Gasteiger partial charge in [-0.05, 0) is 85.4 Å². The first-order chi connectivity index (χ1) is 18.1. The molecule has 2 aliphatic rings. The largest absolute Gasteiger partial charge is 0.493 e. The molecule has 0 fully saturated rings. The molecule has 0 radical (unpaired) electrons. The van der Waals surface area contributed by atoms with Gasteiger partial charge < -0.3 is 29.2 Å². The average Bonchev–Trinajstić information content (AvgIpc) is 3.38. The first-order valence-corrected chi connectivity index (χ1v) is 12.9. The number of methoxy groups -OCH3 is 1. The van der Waals surface area contributed by atoms with Gasteiger partial charge in [0.2, 0.25) is 12.5 Å². The van der Waals surface area contributed by atoms with E-state index in [0.717, 1.165) is 49.2 Å². The molecule has 194 valence electrons. The first kappa shape index (κ1) is 25.0. The highest BCUT2D eigenvalue weighted by Gasteiger charge is 2.20. The van der Waals surface area contributed by atoms with E-state index in [9.17, 15) is 4.79 Å². The molecule has 0 spiro atoms. The Morgan fingerprint density at radius 3 is 2.76 bits per heavy atom. The van der Waals surface area contributed by atoms with Gasteiger partial charge >= 0.3 is 0 Å². The van der Waals surface area contributed by atoms with Crippen molar-refractivity contribution < 1.29 is 23.7 Å². The van der Waals surface area contributed by atoms with Crippen LogP contribution in [0, 0.1) is 0 Å². The van der Waals surface area contributed by atoms with E-state index in [-0.39, 0.29) is 12.7 Å². The lowest BCUT2D eigenvalue weighted by molar-refractivity contribution is 0.0950. The SMILES string of the molecule is COc1cc(CNC(=O)c2ccc3c(c2)Cc2cccc(c2)CN(C)CCCCCO3)cc2c1OCO2. The number of amides is 1. The summed E-state index contributed by atoms with van der Waals surface area (Å²) in [6, 6.07) is 18.1. The molecular weight excluding hydrogens is 468 g/mol. The summed E-state index contributed by atoms with van der Waals surface area (Å²) in [5.74, 6) is 2.52. The van der Waals surface area contributed by atoms with Crippen molar-refractivity contribution in [3.63, 3.8) is 0 Å². The second kappa shape index (κ2) is 11.6. The molecule has 7 heteroatoms. The lowest BCUT2D eigenvalue weighted by atomic mass is 9.99. The van der Waals surface area contributed by atoms with Crippen molar-refractivity contribution in [3.05, 3.63) is 82.4 Å². The zero-order valence-corrected chi connectivity index (χ0v) is 21.5. The minimum atomic E-state index is -0.144. The van der Waals surface area contributed by atoms with Crippen LogP contribution in [0.4, 0.5) is 0 Å². The Morgan fingerprint density at radius 1 is 0.973 bits per heavy atom. The quantitative estimate of drug-likeness (QED) is 0.545. The molecule has 7 nitrogen and oxygen atoms in total. The van der Waals surface area contributed by atoms with Crippen molar-refractivity contribution in [1.82, 2.24) is 10.2 Å². The Hall–Kier alpha value is -3.71. The van der Waals surface area contributed by atoms with E-state index in [1.54, 1.807) is 7.11 Å².